The van der Waals surface area contributed by atoms with Crippen molar-refractivity contribution in [3.05, 3.63) is 34.1 Å². The van der Waals surface area contributed by atoms with E-state index < -0.39 is 17.4 Å². The number of carbonyl (C=O) groups excluding carboxylic acids is 1. The van der Waals surface area contributed by atoms with Crippen molar-refractivity contribution in [3.8, 4) is 0 Å². The van der Waals surface area contributed by atoms with Crippen molar-refractivity contribution >= 4 is 17.2 Å². The fourth-order valence-corrected chi connectivity index (χ4v) is 7.20. The van der Waals surface area contributed by atoms with Crippen LogP contribution in [-0.4, -0.2) is 63.8 Å². The molecule has 2 atom stereocenters. The second-order valence-corrected chi connectivity index (χ2v) is 11.7. The van der Waals surface area contributed by atoms with E-state index in [-0.39, 0.29) is 36.1 Å². The highest BCUT2D eigenvalue weighted by molar-refractivity contribution is 7.10. The highest BCUT2D eigenvalue weighted by Crippen LogP contribution is 2.49. The molecule has 0 radical (unpaired) electrons. The number of likely N-dealkylation sites (tertiary alicyclic amines) is 1. The molecule has 184 valence electrons. The van der Waals surface area contributed by atoms with Gasteiger partial charge in [0.1, 0.15) is 0 Å². The molecule has 2 saturated heterocycles. The smallest absolute Gasteiger partial charge is 0.249 e. The lowest BCUT2D eigenvalue weighted by molar-refractivity contribution is -0.140. The third-order valence-electron chi connectivity index (χ3n) is 8.74. The highest BCUT2D eigenvalue weighted by atomic mass is 32.1. The minimum absolute atomic E-state index is 0.0340. The molecule has 34 heavy (non-hydrogen) atoms. The number of amides is 1. The summed E-state index contributed by atoms with van der Waals surface area (Å²) in [5.74, 6) is -2.17. The molecule has 0 aromatic carbocycles. The largest absolute Gasteiger partial charge is 0.392 e. The first kappa shape index (κ1) is 22.5. The Hall–Kier alpha value is -1.91. The van der Waals surface area contributed by atoms with Crippen LogP contribution in [0.1, 0.15) is 73.9 Å². The molecular weight excluding hydrogens is 462 g/mol. The molecule has 0 bridgehead atoms. The molecule has 4 aliphatic rings. The van der Waals surface area contributed by atoms with Crippen LogP contribution in [-0.2, 0) is 10.2 Å². The summed E-state index contributed by atoms with van der Waals surface area (Å²) < 4.78 is 32.1. The molecular formula is C24H30F2N4O3S. The van der Waals surface area contributed by atoms with Crippen LogP contribution < -0.4 is 5.32 Å². The number of hydrogen-bond acceptors (Lipinski definition) is 7. The zero-order valence-electron chi connectivity index (χ0n) is 19.0. The number of carbonyl (C=O) groups is 1. The number of alkyl halides is 2. The third-order valence-corrected chi connectivity index (χ3v) is 9.82. The van der Waals surface area contributed by atoms with Gasteiger partial charge in [-0.2, -0.15) is 4.98 Å². The zero-order valence-corrected chi connectivity index (χ0v) is 19.8. The standard InChI is InChI=1S/C24H30F2N4O3S/c25-24(26)12-15(13-24)19-28-21(29-33-19)23(18-3-1-10-34-18)6-8-30(9-7-23)20(32)16-11-17(31)22(14-27-16)4-2-5-22/h1,3,10,15-17,27,31H,2,4-9,11-14H2/t16-,17+/m0/s1. The summed E-state index contributed by atoms with van der Waals surface area (Å²) in [7, 11) is 0. The number of piperidine rings is 2. The fourth-order valence-electron chi connectivity index (χ4n) is 6.22. The molecule has 2 saturated carbocycles. The second-order valence-electron chi connectivity index (χ2n) is 10.7. The predicted octanol–water partition coefficient (Wildman–Crippen LogP) is 3.45. The number of aliphatic hydroxyl groups is 1. The Kier molecular flexibility index (Phi) is 5.35. The van der Waals surface area contributed by atoms with Crippen molar-refractivity contribution in [2.45, 2.75) is 80.8 Å². The van der Waals surface area contributed by atoms with E-state index in [0.717, 1.165) is 24.1 Å². The Bertz CT molecular complexity index is 1040. The maximum absolute atomic E-state index is 13.4. The van der Waals surface area contributed by atoms with Crippen molar-refractivity contribution in [3.63, 3.8) is 0 Å². The van der Waals surface area contributed by atoms with Crippen LogP contribution in [0.2, 0.25) is 0 Å². The number of thiophene rings is 1. The number of aromatic nitrogens is 2. The van der Waals surface area contributed by atoms with Crippen molar-refractivity contribution < 1.29 is 23.2 Å². The van der Waals surface area contributed by atoms with Gasteiger partial charge in [-0.15, -0.1) is 11.3 Å². The normalized spacial score (nSPS) is 30.0. The molecule has 4 heterocycles. The first-order valence-electron chi connectivity index (χ1n) is 12.3. The average molecular weight is 493 g/mol. The van der Waals surface area contributed by atoms with E-state index in [9.17, 15) is 18.7 Å². The van der Waals surface area contributed by atoms with Gasteiger partial charge in [0.15, 0.2) is 5.82 Å². The molecule has 10 heteroatoms. The van der Waals surface area contributed by atoms with Crippen LogP contribution in [0, 0.1) is 5.41 Å². The summed E-state index contributed by atoms with van der Waals surface area (Å²) >= 11 is 1.62. The number of rotatable bonds is 4. The number of nitrogens with one attached hydrogen (secondary N) is 1. The van der Waals surface area contributed by atoms with E-state index >= 15 is 0 Å². The lowest BCUT2D eigenvalue weighted by Crippen LogP contribution is -2.62. The molecule has 1 amide bonds. The van der Waals surface area contributed by atoms with Gasteiger partial charge in [-0.3, -0.25) is 4.79 Å². The Morgan fingerprint density at radius 1 is 1.24 bits per heavy atom. The van der Waals surface area contributed by atoms with E-state index in [1.54, 1.807) is 11.3 Å². The van der Waals surface area contributed by atoms with Gasteiger partial charge in [0.2, 0.25) is 17.7 Å². The Labute approximate surface area is 200 Å². The van der Waals surface area contributed by atoms with E-state index in [1.165, 1.54) is 0 Å². The van der Waals surface area contributed by atoms with Crippen molar-refractivity contribution in [1.29, 1.82) is 0 Å². The van der Waals surface area contributed by atoms with E-state index in [2.05, 4.69) is 15.5 Å². The monoisotopic (exact) mass is 492 g/mol. The van der Waals surface area contributed by atoms with Gasteiger partial charge in [0.05, 0.1) is 17.6 Å². The molecule has 6 rings (SSSR count). The van der Waals surface area contributed by atoms with Gasteiger partial charge in [0.25, 0.3) is 0 Å². The van der Waals surface area contributed by atoms with Gasteiger partial charge in [-0.25, -0.2) is 8.78 Å². The Balaban J connectivity index is 1.16. The van der Waals surface area contributed by atoms with Gasteiger partial charge in [0, 0.05) is 48.7 Å². The van der Waals surface area contributed by atoms with Crippen LogP contribution >= 0.6 is 11.3 Å². The minimum atomic E-state index is -2.64. The first-order chi connectivity index (χ1) is 16.3. The molecule has 2 aromatic heterocycles. The van der Waals surface area contributed by atoms with Crippen molar-refractivity contribution in [2.24, 2.45) is 5.41 Å². The summed E-state index contributed by atoms with van der Waals surface area (Å²) in [6, 6.07) is 3.68. The summed E-state index contributed by atoms with van der Waals surface area (Å²) in [5.41, 5.74) is -0.526. The molecule has 1 spiro atoms. The average Bonchev–Trinajstić information content (AvgIpc) is 3.49. The van der Waals surface area contributed by atoms with E-state index in [4.69, 9.17) is 4.52 Å². The van der Waals surface area contributed by atoms with Crippen molar-refractivity contribution in [2.75, 3.05) is 19.6 Å². The zero-order chi connectivity index (χ0) is 23.6. The van der Waals surface area contributed by atoms with E-state index in [0.29, 0.717) is 50.6 Å². The van der Waals surface area contributed by atoms with E-state index in [1.807, 2.05) is 22.4 Å². The summed E-state index contributed by atoms with van der Waals surface area (Å²) in [5, 5.41) is 20.3. The number of hydrogen-bond donors (Lipinski definition) is 2. The third kappa shape index (κ3) is 3.60. The molecule has 2 aliphatic heterocycles. The van der Waals surface area contributed by atoms with Crippen LogP contribution in [0.25, 0.3) is 0 Å². The lowest BCUT2D eigenvalue weighted by atomic mass is 9.62. The maximum atomic E-state index is 13.4. The number of nitrogens with zero attached hydrogens (tertiary/aromatic N) is 3. The first-order valence-corrected chi connectivity index (χ1v) is 13.1. The van der Waals surface area contributed by atoms with Crippen LogP contribution in [0.3, 0.4) is 0 Å². The quantitative estimate of drug-likeness (QED) is 0.680. The topological polar surface area (TPSA) is 91.5 Å². The summed E-state index contributed by atoms with van der Waals surface area (Å²) in [6.45, 7) is 1.78. The molecule has 2 N–H and O–H groups in total. The van der Waals surface area contributed by atoms with Gasteiger partial charge in [-0.1, -0.05) is 17.6 Å². The number of aliphatic hydroxyl groups excluding tert-OH is 1. The minimum Gasteiger partial charge on any atom is -0.392 e. The maximum Gasteiger partial charge on any atom is 0.249 e. The van der Waals surface area contributed by atoms with Crippen LogP contribution in [0.4, 0.5) is 8.78 Å². The van der Waals surface area contributed by atoms with Crippen molar-refractivity contribution in [1.82, 2.24) is 20.4 Å². The summed E-state index contributed by atoms with van der Waals surface area (Å²) in [6.07, 6.45) is 4.02. The second kappa shape index (κ2) is 8.06. The molecule has 4 fully saturated rings. The fraction of sp³-hybridized carbons (Fsp3) is 0.708. The molecule has 2 aliphatic carbocycles. The van der Waals surface area contributed by atoms with Gasteiger partial charge in [-0.05, 0) is 43.6 Å². The number of halogens is 2. The molecule has 7 nitrogen and oxygen atoms in total. The molecule has 0 unspecified atom stereocenters. The Morgan fingerprint density at radius 2 is 2.00 bits per heavy atom. The summed E-state index contributed by atoms with van der Waals surface area (Å²) in [4.78, 5) is 20.9. The Morgan fingerprint density at radius 3 is 2.59 bits per heavy atom. The van der Waals surface area contributed by atoms with Crippen LogP contribution in [0.5, 0.6) is 0 Å². The lowest BCUT2D eigenvalue weighted by Gasteiger charge is -2.51. The van der Waals surface area contributed by atoms with Gasteiger partial charge >= 0.3 is 0 Å². The highest BCUT2D eigenvalue weighted by Gasteiger charge is 2.51. The van der Waals surface area contributed by atoms with Crippen LogP contribution in [0.15, 0.2) is 22.0 Å². The van der Waals surface area contributed by atoms with Gasteiger partial charge < -0.3 is 19.8 Å². The molecule has 2 aromatic rings. The SMILES string of the molecule is O=C([C@@H]1C[C@@H](O)C2(CCC2)CN1)N1CCC(c2noc(C3CC(F)(F)C3)n2)(c2cccs2)CC1. The predicted molar refractivity (Wildman–Crippen MR) is 121 cm³/mol.